The Hall–Kier alpha value is -2.04. The molecule has 0 saturated heterocycles. The number of phenols is 1. The molecule has 106 valence electrons. The van der Waals surface area contributed by atoms with Crippen LogP contribution in [-0.4, -0.2) is 15.2 Å². The van der Waals surface area contributed by atoms with Gasteiger partial charge in [0.05, 0.1) is 5.56 Å². The number of anilines is 1. The van der Waals surface area contributed by atoms with Gasteiger partial charge in [-0.3, -0.25) is 0 Å². The summed E-state index contributed by atoms with van der Waals surface area (Å²) in [6, 6.07) is 4.90. The van der Waals surface area contributed by atoms with Gasteiger partial charge in [-0.25, -0.2) is 0 Å². The van der Waals surface area contributed by atoms with Gasteiger partial charge in [-0.1, -0.05) is 18.5 Å². The molecule has 20 heavy (non-hydrogen) atoms. The molecule has 0 amide bonds. The van der Waals surface area contributed by atoms with E-state index in [1.807, 2.05) is 0 Å². The largest absolute Gasteiger partial charge is 0.507 e. The zero-order valence-electron chi connectivity index (χ0n) is 11.5. The second-order valence-corrected chi connectivity index (χ2v) is 5.52. The molecule has 1 aliphatic carbocycles. The number of nitrogen functional groups attached to an aromatic ring is 1. The lowest BCUT2D eigenvalue weighted by Gasteiger charge is -2.04. The minimum absolute atomic E-state index is 0.0676. The molecule has 1 heterocycles. The molecular formula is C15H19N3O2. The van der Waals surface area contributed by atoms with Crippen LogP contribution < -0.4 is 5.73 Å². The van der Waals surface area contributed by atoms with Crippen LogP contribution in [0.4, 0.5) is 5.69 Å². The number of hydrogen-bond acceptors (Lipinski definition) is 5. The van der Waals surface area contributed by atoms with Crippen LogP contribution in [0.3, 0.4) is 0 Å². The Balaban J connectivity index is 1.83. The van der Waals surface area contributed by atoms with Gasteiger partial charge in [0.15, 0.2) is 5.82 Å². The minimum atomic E-state index is 0.0676. The molecule has 0 aliphatic heterocycles. The van der Waals surface area contributed by atoms with E-state index in [9.17, 15) is 5.11 Å². The molecular weight excluding hydrogens is 254 g/mol. The van der Waals surface area contributed by atoms with Crippen molar-refractivity contribution in [2.24, 2.45) is 5.92 Å². The van der Waals surface area contributed by atoms with Crippen molar-refractivity contribution >= 4 is 5.69 Å². The highest BCUT2D eigenvalue weighted by atomic mass is 16.5. The van der Waals surface area contributed by atoms with Crippen LogP contribution in [0.2, 0.25) is 0 Å². The SMILES string of the molecule is CCC1CCC(c2noc(-c3ccc(N)cc3O)n2)C1. The van der Waals surface area contributed by atoms with Crippen LogP contribution in [0.1, 0.15) is 44.3 Å². The van der Waals surface area contributed by atoms with Crippen LogP contribution in [0.5, 0.6) is 5.75 Å². The Morgan fingerprint density at radius 3 is 2.95 bits per heavy atom. The molecule has 5 heteroatoms. The van der Waals surface area contributed by atoms with Crippen LogP contribution in [0.25, 0.3) is 11.5 Å². The molecule has 1 fully saturated rings. The van der Waals surface area contributed by atoms with Crippen LogP contribution in [0.15, 0.2) is 22.7 Å². The van der Waals surface area contributed by atoms with Gasteiger partial charge in [0.2, 0.25) is 0 Å². The zero-order valence-corrected chi connectivity index (χ0v) is 11.5. The van der Waals surface area contributed by atoms with Crippen molar-refractivity contribution in [1.82, 2.24) is 10.1 Å². The number of nitrogens with zero attached hydrogens (tertiary/aromatic N) is 2. The maximum Gasteiger partial charge on any atom is 0.261 e. The second-order valence-electron chi connectivity index (χ2n) is 5.52. The summed E-state index contributed by atoms with van der Waals surface area (Å²) in [5, 5.41) is 14.0. The molecule has 2 atom stereocenters. The van der Waals surface area contributed by atoms with E-state index in [4.69, 9.17) is 10.3 Å². The van der Waals surface area contributed by atoms with Crippen molar-refractivity contribution in [3.63, 3.8) is 0 Å². The standard InChI is InChI=1S/C15H19N3O2/c1-2-9-3-4-10(7-9)14-17-15(20-18-14)12-6-5-11(16)8-13(12)19/h5-6,8-10,19H,2-4,7,16H2,1H3. The molecule has 1 aromatic carbocycles. The van der Waals surface area contributed by atoms with Gasteiger partial charge in [-0.2, -0.15) is 4.98 Å². The van der Waals surface area contributed by atoms with Gasteiger partial charge in [-0.15, -0.1) is 0 Å². The van der Waals surface area contributed by atoms with Crippen molar-refractivity contribution in [3.8, 4) is 17.2 Å². The van der Waals surface area contributed by atoms with E-state index in [0.29, 0.717) is 23.1 Å². The number of hydrogen-bond donors (Lipinski definition) is 2. The summed E-state index contributed by atoms with van der Waals surface area (Å²) in [7, 11) is 0. The Labute approximate surface area is 117 Å². The lowest BCUT2D eigenvalue weighted by Crippen LogP contribution is -1.97. The first-order valence-electron chi connectivity index (χ1n) is 7.09. The summed E-state index contributed by atoms with van der Waals surface area (Å²) in [6.07, 6.45) is 4.69. The molecule has 1 aliphatic rings. The number of nitrogens with two attached hydrogens (primary N) is 1. The van der Waals surface area contributed by atoms with E-state index >= 15 is 0 Å². The molecule has 2 aromatic rings. The van der Waals surface area contributed by atoms with Crippen LogP contribution >= 0.6 is 0 Å². The highest BCUT2D eigenvalue weighted by molar-refractivity contribution is 5.66. The smallest absolute Gasteiger partial charge is 0.261 e. The second kappa shape index (κ2) is 5.15. The van der Waals surface area contributed by atoms with Gasteiger partial charge in [0, 0.05) is 17.7 Å². The third kappa shape index (κ3) is 2.35. The molecule has 0 radical (unpaired) electrons. The van der Waals surface area contributed by atoms with Gasteiger partial charge >= 0.3 is 0 Å². The summed E-state index contributed by atoms with van der Waals surface area (Å²) in [5.41, 5.74) is 6.65. The molecule has 1 saturated carbocycles. The van der Waals surface area contributed by atoms with Gasteiger partial charge in [0.1, 0.15) is 5.75 Å². The third-order valence-electron chi connectivity index (χ3n) is 4.18. The van der Waals surface area contributed by atoms with E-state index < -0.39 is 0 Å². The van der Waals surface area contributed by atoms with Crippen molar-refractivity contribution < 1.29 is 9.63 Å². The average Bonchev–Trinajstić information content (AvgIpc) is 3.07. The molecule has 2 unspecified atom stereocenters. The van der Waals surface area contributed by atoms with Gasteiger partial charge < -0.3 is 15.4 Å². The summed E-state index contributed by atoms with van der Waals surface area (Å²) < 4.78 is 5.29. The first kappa shape index (κ1) is 13.0. The number of aromatic nitrogens is 2. The Bertz CT molecular complexity index is 609. The van der Waals surface area contributed by atoms with E-state index in [1.165, 1.54) is 18.9 Å². The predicted octanol–water partition coefficient (Wildman–Crippen LogP) is 3.32. The monoisotopic (exact) mass is 273 g/mol. The third-order valence-corrected chi connectivity index (χ3v) is 4.18. The number of rotatable bonds is 3. The zero-order chi connectivity index (χ0) is 14.1. The predicted molar refractivity (Wildman–Crippen MR) is 76.2 cm³/mol. The van der Waals surface area contributed by atoms with E-state index in [1.54, 1.807) is 12.1 Å². The van der Waals surface area contributed by atoms with Crippen LogP contribution in [-0.2, 0) is 0 Å². The van der Waals surface area contributed by atoms with E-state index in [2.05, 4.69) is 17.1 Å². The average molecular weight is 273 g/mol. The summed E-state index contributed by atoms with van der Waals surface area (Å²) in [5.74, 6) is 2.34. The topological polar surface area (TPSA) is 85.2 Å². The first-order chi connectivity index (χ1) is 9.67. The van der Waals surface area contributed by atoms with Crippen LogP contribution in [0, 0.1) is 5.92 Å². The first-order valence-corrected chi connectivity index (χ1v) is 7.09. The number of benzene rings is 1. The number of phenolic OH excluding ortho intramolecular Hbond substituents is 1. The molecule has 0 spiro atoms. The lowest BCUT2D eigenvalue weighted by atomic mass is 10.0. The maximum atomic E-state index is 9.89. The fraction of sp³-hybridized carbons (Fsp3) is 0.467. The molecule has 0 bridgehead atoms. The molecule has 5 nitrogen and oxygen atoms in total. The van der Waals surface area contributed by atoms with Gasteiger partial charge in [-0.05, 0) is 37.3 Å². The van der Waals surface area contributed by atoms with E-state index in [0.717, 1.165) is 24.6 Å². The van der Waals surface area contributed by atoms with Gasteiger partial charge in [0.25, 0.3) is 5.89 Å². The normalized spacial score (nSPS) is 22.2. The molecule has 1 aromatic heterocycles. The fourth-order valence-electron chi connectivity index (χ4n) is 2.92. The van der Waals surface area contributed by atoms with Crippen molar-refractivity contribution in [2.45, 2.75) is 38.5 Å². The summed E-state index contributed by atoms with van der Waals surface area (Å²) in [4.78, 5) is 4.44. The quantitative estimate of drug-likeness (QED) is 0.838. The molecule has 3 rings (SSSR count). The Morgan fingerprint density at radius 1 is 1.40 bits per heavy atom. The Kier molecular flexibility index (Phi) is 3.34. The van der Waals surface area contributed by atoms with E-state index in [-0.39, 0.29) is 5.75 Å². The van der Waals surface area contributed by atoms with Crippen molar-refractivity contribution in [3.05, 3.63) is 24.0 Å². The summed E-state index contributed by atoms with van der Waals surface area (Å²) in [6.45, 7) is 2.22. The summed E-state index contributed by atoms with van der Waals surface area (Å²) >= 11 is 0. The highest BCUT2D eigenvalue weighted by Gasteiger charge is 2.28. The minimum Gasteiger partial charge on any atom is -0.507 e. The van der Waals surface area contributed by atoms with Crippen molar-refractivity contribution in [1.29, 1.82) is 0 Å². The Morgan fingerprint density at radius 2 is 2.25 bits per heavy atom. The lowest BCUT2D eigenvalue weighted by molar-refractivity contribution is 0.410. The highest BCUT2D eigenvalue weighted by Crippen LogP contribution is 2.39. The molecule has 3 N–H and O–H groups in total. The van der Waals surface area contributed by atoms with Crippen molar-refractivity contribution in [2.75, 3.05) is 5.73 Å². The number of aromatic hydroxyl groups is 1. The maximum absolute atomic E-state index is 9.89. The fourth-order valence-corrected chi connectivity index (χ4v) is 2.92.